The fraction of sp³-hybridized carbons (Fsp3) is 1.00. The fourth-order valence-corrected chi connectivity index (χ4v) is 1.44. The number of hydrogen-bond acceptors (Lipinski definition) is 1. The molecule has 0 atom stereocenters. The van der Waals surface area contributed by atoms with E-state index in [-0.39, 0.29) is 18.2 Å². The molecular formula is C4H7AsF3O. The summed E-state index contributed by atoms with van der Waals surface area (Å²) < 4.78 is 34.0. The van der Waals surface area contributed by atoms with Crippen molar-refractivity contribution in [2.75, 3.05) is 6.61 Å². The van der Waals surface area contributed by atoms with Crippen LogP contribution in [-0.2, 0) is 0 Å². The van der Waals surface area contributed by atoms with Crippen molar-refractivity contribution in [3.63, 3.8) is 0 Å². The molecule has 0 aromatic heterocycles. The molecule has 0 heterocycles. The van der Waals surface area contributed by atoms with E-state index in [0.29, 0.717) is 0 Å². The number of rotatable bonds is 3. The Bertz CT molecular complexity index is 72.7. The maximum absolute atomic E-state index is 11.3. The zero-order chi connectivity index (χ0) is 7.33. The summed E-state index contributed by atoms with van der Waals surface area (Å²) in [5.74, 6) is 0. The van der Waals surface area contributed by atoms with Gasteiger partial charge < -0.3 is 0 Å². The molecule has 0 fully saturated rings. The van der Waals surface area contributed by atoms with Crippen LogP contribution in [0, 0.1) is 0 Å². The zero-order valence-corrected chi connectivity index (χ0v) is 6.53. The normalized spacial score (nSPS) is 13.3. The third-order valence-corrected chi connectivity index (χ3v) is 2.49. The summed E-state index contributed by atoms with van der Waals surface area (Å²) >= 11 is -1.55. The average Bonchev–Trinajstić information content (AvgIpc) is 1.63. The number of halogens is 3. The van der Waals surface area contributed by atoms with Crippen molar-refractivity contribution in [2.24, 2.45) is 0 Å². The number of aliphatic hydroxyl groups excluding tert-OH is 1. The van der Waals surface area contributed by atoms with Crippen molar-refractivity contribution in [1.82, 2.24) is 0 Å². The molecule has 0 aromatic rings. The molecule has 0 spiro atoms. The van der Waals surface area contributed by atoms with Gasteiger partial charge >= 0.3 is 57.2 Å². The Morgan fingerprint density at radius 1 is 1.33 bits per heavy atom. The summed E-state index contributed by atoms with van der Waals surface area (Å²) in [6.45, 7) is -0.133. The molecule has 1 nitrogen and oxygen atoms in total. The Hall–Kier alpha value is 0.308. The van der Waals surface area contributed by atoms with Gasteiger partial charge in [0.15, 0.2) is 0 Å². The van der Waals surface area contributed by atoms with E-state index in [1.807, 2.05) is 0 Å². The molecule has 0 saturated heterocycles. The quantitative estimate of drug-likeness (QED) is 0.536. The molecule has 0 bridgehead atoms. The third-order valence-electron chi connectivity index (χ3n) is 0.607. The van der Waals surface area contributed by atoms with Crippen LogP contribution in [0.5, 0.6) is 0 Å². The topological polar surface area (TPSA) is 20.2 Å². The first-order chi connectivity index (χ1) is 4.06. The fourth-order valence-electron chi connectivity index (χ4n) is 0.277. The molecule has 5 heteroatoms. The van der Waals surface area contributed by atoms with Gasteiger partial charge in [-0.2, -0.15) is 0 Å². The molecule has 1 radical (unpaired) electrons. The van der Waals surface area contributed by atoms with Gasteiger partial charge in [0.1, 0.15) is 0 Å². The second-order valence-electron chi connectivity index (χ2n) is 1.43. The standard InChI is InChI=1S/C4H7AsF3O/c6-4(7,8)5-2-1-3-9/h9H,1-3H2. The van der Waals surface area contributed by atoms with Crippen LogP contribution >= 0.6 is 0 Å². The van der Waals surface area contributed by atoms with Gasteiger partial charge in [-0.05, 0) is 0 Å². The van der Waals surface area contributed by atoms with Gasteiger partial charge in [0.2, 0.25) is 0 Å². The molecule has 0 amide bonds. The van der Waals surface area contributed by atoms with Crippen LogP contribution in [0.1, 0.15) is 6.42 Å². The summed E-state index contributed by atoms with van der Waals surface area (Å²) in [5.41, 5.74) is 0. The van der Waals surface area contributed by atoms with Crippen molar-refractivity contribution >= 4 is 15.8 Å². The number of alkyl halides is 3. The Morgan fingerprint density at radius 3 is 2.22 bits per heavy atom. The van der Waals surface area contributed by atoms with Crippen molar-refractivity contribution < 1.29 is 18.3 Å². The van der Waals surface area contributed by atoms with Gasteiger partial charge in [-0.1, -0.05) is 0 Å². The van der Waals surface area contributed by atoms with Crippen LogP contribution in [0.3, 0.4) is 0 Å². The third kappa shape index (κ3) is 8.31. The Kier molecular flexibility index (Phi) is 4.32. The molecule has 0 aromatic carbocycles. The summed E-state index contributed by atoms with van der Waals surface area (Å²) in [4.78, 5) is -3.97. The zero-order valence-electron chi connectivity index (χ0n) is 4.65. The number of aliphatic hydroxyl groups is 1. The molecule has 9 heavy (non-hydrogen) atoms. The Balaban J connectivity index is 3.07. The predicted octanol–water partition coefficient (Wildman–Crippen LogP) is 1.01. The van der Waals surface area contributed by atoms with Crippen LogP contribution in [0.4, 0.5) is 13.2 Å². The van der Waals surface area contributed by atoms with E-state index in [2.05, 4.69) is 0 Å². The van der Waals surface area contributed by atoms with Gasteiger partial charge in [0.25, 0.3) is 0 Å². The minimum atomic E-state index is -3.97. The summed E-state index contributed by atoms with van der Waals surface area (Å²) in [5, 5.41) is 8.23. The molecule has 0 aliphatic carbocycles. The SMILES string of the molecule is OCCC[As]C(F)(F)F. The van der Waals surface area contributed by atoms with E-state index in [4.69, 9.17) is 5.11 Å². The van der Waals surface area contributed by atoms with Crippen molar-refractivity contribution in [3.8, 4) is 0 Å². The van der Waals surface area contributed by atoms with Crippen LogP contribution in [0.25, 0.3) is 0 Å². The minimum absolute atomic E-state index is 0.122. The molecule has 55 valence electrons. The van der Waals surface area contributed by atoms with E-state index < -0.39 is 20.7 Å². The second-order valence-corrected chi connectivity index (χ2v) is 4.09. The van der Waals surface area contributed by atoms with Crippen molar-refractivity contribution in [2.45, 2.75) is 16.6 Å². The average molecular weight is 203 g/mol. The van der Waals surface area contributed by atoms with E-state index in [9.17, 15) is 13.2 Å². The predicted molar refractivity (Wildman–Crippen MR) is 28.3 cm³/mol. The van der Waals surface area contributed by atoms with Crippen LogP contribution in [0.2, 0.25) is 5.21 Å². The van der Waals surface area contributed by atoms with E-state index in [1.54, 1.807) is 0 Å². The van der Waals surface area contributed by atoms with Crippen LogP contribution < -0.4 is 0 Å². The molecule has 0 saturated carbocycles. The first-order valence-corrected chi connectivity index (χ1v) is 4.69. The first kappa shape index (κ1) is 9.31. The van der Waals surface area contributed by atoms with Gasteiger partial charge in [-0.25, -0.2) is 0 Å². The van der Waals surface area contributed by atoms with E-state index >= 15 is 0 Å². The first-order valence-electron chi connectivity index (χ1n) is 2.42. The number of hydrogen-bond donors (Lipinski definition) is 1. The molecule has 0 unspecified atom stereocenters. The van der Waals surface area contributed by atoms with E-state index in [0.717, 1.165) is 0 Å². The monoisotopic (exact) mass is 203 g/mol. The molecule has 0 rings (SSSR count). The van der Waals surface area contributed by atoms with Crippen LogP contribution in [-0.4, -0.2) is 32.4 Å². The summed E-state index contributed by atoms with van der Waals surface area (Å²) in [6, 6.07) is 0. The maximum atomic E-state index is 11.3. The van der Waals surface area contributed by atoms with Gasteiger partial charge in [0.05, 0.1) is 0 Å². The van der Waals surface area contributed by atoms with Gasteiger partial charge in [-0.15, -0.1) is 0 Å². The molecule has 0 aliphatic heterocycles. The Morgan fingerprint density at radius 2 is 1.89 bits per heavy atom. The Labute approximate surface area is 57.9 Å². The van der Waals surface area contributed by atoms with Crippen LogP contribution in [0.15, 0.2) is 0 Å². The van der Waals surface area contributed by atoms with Crippen molar-refractivity contribution in [3.05, 3.63) is 0 Å². The summed E-state index contributed by atoms with van der Waals surface area (Å²) in [7, 11) is 0. The van der Waals surface area contributed by atoms with Gasteiger partial charge in [0, 0.05) is 0 Å². The van der Waals surface area contributed by atoms with E-state index in [1.165, 1.54) is 0 Å². The molecule has 0 aliphatic rings. The second kappa shape index (κ2) is 4.18. The van der Waals surface area contributed by atoms with Gasteiger partial charge in [-0.3, -0.25) is 0 Å². The molecule has 1 N–H and O–H groups in total. The molecular weight excluding hydrogens is 196 g/mol. The van der Waals surface area contributed by atoms with Crippen molar-refractivity contribution in [1.29, 1.82) is 0 Å². The summed E-state index contributed by atoms with van der Waals surface area (Å²) in [6.07, 6.45) is 0.277.